The van der Waals surface area contributed by atoms with Crippen LogP contribution in [0, 0.1) is 0 Å². The van der Waals surface area contributed by atoms with Crippen molar-refractivity contribution in [1.29, 1.82) is 0 Å². The van der Waals surface area contributed by atoms with Crippen LogP contribution < -0.4 is 5.32 Å². The van der Waals surface area contributed by atoms with E-state index in [9.17, 15) is 0 Å². The standard InChI is InChI=1S/C13H20ClNO2/c1-16-8-9-17-7-3-6-15-11-12-4-2-5-13(14)10-12/h2,4-5,10,15H,3,6-9,11H2,1H3. The second-order valence-corrected chi connectivity index (χ2v) is 4.20. The molecule has 0 amide bonds. The van der Waals surface area contributed by atoms with Gasteiger partial charge in [0.05, 0.1) is 13.2 Å². The van der Waals surface area contributed by atoms with Gasteiger partial charge in [0, 0.05) is 25.3 Å². The van der Waals surface area contributed by atoms with Gasteiger partial charge >= 0.3 is 0 Å². The van der Waals surface area contributed by atoms with Gasteiger partial charge in [-0.05, 0) is 30.7 Å². The average molecular weight is 258 g/mol. The molecule has 0 fully saturated rings. The molecule has 96 valence electrons. The van der Waals surface area contributed by atoms with E-state index in [4.69, 9.17) is 21.1 Å². The average Bonchev–Trinajstić information content (AvgIpc) is 2.33. The molecule has 3 nitrogen and oxygen atoms in total. The zero-order valence-corrected chi connectivity index (χ0v) is 11.0. The second-order valence-electron chi connectivity index (χ2n) is 3.77. The first-order chi connectivity index (χ1) is 8.33. The number of methoxy groups -OCH3 is 1. The molecule has 0 unspecified atom stereocenters. The third kappa shape index (κ3) is 7.34. The van der Waals surface area contributed by atoms with Crippen molar-refractivity contribution in [3.63, 3.8) is 0 Å². The third-order valence-electron chi connectivity index (χ3n) is 2.29. The minimum atomic E-state index is 0.663. The highest BCUT2D eigenvalue weighted by atomic mass is 35.5. The Labute approximate surface area is 108 Å². The van der Waals surface area contributed by atoms with Crippen LogP contribution in [0.1, 0.15) is 12.0 Å². The van der Waals surface area contributed by atoms with Gasteiger partial charge in [-0.25, -0.2) is 0 Å². The molecule has 1 aromatic rings. The van der Waals surface area contributed by atoms with E-state index in [0.717, 1.165) is 31.1 Å². The zero-order valence-electron chi connectivity index (χ0n) is 10.2. The molecular formula is C13H20ClNO2. The fourth-order valence-corrected chi connectivity index (χ4v) is 1.64. The van der Waals surface area contributed by atoms with Crippen LogP contribution in [0.15, 0.2) is 24.3 Å². The molecule has 0 saturated heterocycles. The Balaban J connectivity index is 1.97. The Morgan fingerprint density at radius 2 is 2.12 bits per heavy atom. The quantitative estimate of drug-likeness (QED) is 0.690. The summed E-state index contributed by atoms with van der Waals surface area (Å²) >= 11 is 5.90. The smallest absolute Gasteiger partial charge is 0.0700 e. The fraction of sp³-hybridized carbons (Fsp3) is 0.538. The van der Waals surface area contributed by atoms with Crippen LogP contribution >= 0.6 is 11.6 Å². The van der Waals surface area contributed by atoms with Gasteiger partial charge in [0.15, 0.2) is 0 Å². The molecule has 4 heteroatoms. The summed E-state index contributed by atoms with van der Waals surface area (Å²) in [6.07, 6.45) is 1.00. The molecule has 0 aliphatic heterocycles. The number of hydrogen-bond donors (Lipinski definition) is 1. The van der Waals surface area contributed by atoms with E-state index in [1.165, 1.54) is 5.56 Å². The molecule has 0 heterocycles. The third-order valence-corrected chi connectivity index (χ3v) is 2.53. The van der Waals surface area contributed by atoms with Crippen LogP contribution in [0.3, 0.4) is 0 Å². The highest BCUT2D eigenvalue weighted by Crippen LogP contribution is 2.09. The molecule has 0 bridgehead atoms. The summed E-state index contributed by atoms with van der Waals surface area (Å²) in [5, 5.41) is 4.13. The van der Waals surface area contributed by atoms with Crippen molar-refractivity contribution in [2.75, 3.05) is 33.5 Å². The summed E-state index contributed by atoms with van der Waals surface area (Å²) in [4.78, 5) is 0. The van der Waals surface area contributed by atoms with Crippen LogP contribution in [-0.4, -0.2) is 33.5 Å². The molecule has 0 aliphatic rings. The van der Waals surface area contributed by atoms with Gasteiger partial charge in [-0.3, -0.25) is 0 Å². The number of hydrogen-bond acceptors (Lipinski definition) is 3. The molecule has 0 radical (unpaired) electrons. The van der Waals surface area contributed by atoms with Crippen molar-refractivity contribution < 1.29 is 9.47 Å². The fourth-order valence-electron chi connectivity index (χ4n) is 1.42. The molecule has 0 aromatic heterocycles. The van der Waals surface area contributed by atoms with Gasteiger partial charge < -0.3 is 14.8 Å². The van der Waals surface area contributed by atoms with Gasteiger partial charge in [0.2, 0.25) is 0 Å². The van der Waals surface area contributed by atoms with Crippen molar-refractivity contribution in [2.24, 2.45) is 0 Å². The van der Waals surface area contributed by atoms with Crippen molar-refractivity contribution in [1.82, 2.24) is 5.32 Å². The topological polar surface area (TPSA) is 30.5 Å². The summed E-state index contributed by atoms with van der Waals surface area (Å²) in [6.45, 7) is 3.89. The summed E-state index contributed by atoms with van der Waals surface area (Å²) in [5.74, 6) is 0. The number of ether oxygens (including phenoxy) is 2. The molecule has 0 saturated carbocycles. The molecule has 0 spiro atoms. The Bertz CT molecular complexity index is 307. The Morgan fingerprint density at radius 1 is 1.24 bits per heavy atom. The van der Waals surface area contributed by atoms with Crippen molar-refractivity contribution >= 4 is 11.6 Å². The van der Waals surface area contributed by atoms with E-state index in [-0.39, 0.29) is 0 Å². The summed E-state index contributed by atoms with van der Waals surface area (Å²) in [5.41, 5.74) is 1.21. The molecule has 1 rings (SSSR count). The van der Waals surface area contributed by atoms with Crippen LogP contribution in [0.4, 0.5) is 0 Å². The number of nitrogens with one attached hydrogen (secondary N) is 1. The van der Waals surface area contributed by atoms with E-state index in [1.54, 1.807) is 7.11 Å². The normalized spacial score (nSPS) is 10.7. The minimum absolute atomic E-state index is 0.663. The number of rotatable bonds is 9. The van der Waals surface area contributed by atoms with E-state index in [0.29, 0.717) is 13.2 Å². The first kappa shape index (κ1) is 14.5. The highest BCUT2D eigenvalue weighted by molar-refractivity contribution is 6.30. The van der Waals surface area contributed by atoms with E-state index >= 15 is 0 Å². The molecular weight excluding hydrogens is 238 g/mol. The number of halogens is 1. The Hall–Kier alpha value is -0.610. The van der Waals surface area contributed by atoms with Crippen molar-refractivity contribution in [3.8, 4) is 0 Å². The largest absolute Gasteiger partial charge is 0.382 e. The zero-order chi connectivity index (χ0) is 12.3. The van der Waals surface area contributed by atoms with Crippen molar-refractivity contribution in [2.45, 2.75) is 13.0 Å². The van der Waals surface area contributed by atoms with Gasteiger partial charge in [-0.2, -0.15) is 0 Å². The summed E-state index contributed by atoms with van der Waals surface area (Å²) in [7, 11) is 1.68. The molecule has 1 aromatic carbocycles. The van der Waals surface area contributed by atoms with Crippen LogP contribution in [0.25, 0.3) is 0 Å². The van der Waals surface area contributed by atoms with Crippen LogP contribution in [-0.2, 0) is 16.0 Å². The minimum Gasteiger partial charge on any atom is -0.382 e. The lowest BCUT2D eigenvalue weighted by Crippen LogP contribution is -2.16. The van der Waals surface area contributed by atoms with Crippen LogP contribution in [0.2, 0.25) is 5.02 Å². The Morgan fingerprint density at radius 3 is 2.88 bits per heavy atom. The predicted octanol–water partition coefficient (Wildman–Crippen LogP) is 2.48. The lowest BCUT2D eigenvalue weighted by atomic mass is 10.2. The van der Waals surface area contributed by atoms with Gasteiger partial charge in [-0.15, -0.1) is 0 Å². The van der Waals surface area contributed by atoms with Crippen LogP contribution in [0.5, 0.6) is 0 Å². The monoisotopic (exact) mass is 257 g/mol. The van der Waals surface area contributed by atoms with E-state index in [1.807, 2.05) is 18.2 Å². The molecule has 0 aliphatic carbocycles. The SMILES string of the molecule is COCCOCCCNCc1cccc(Cl)c1. The first-order valence-electron chi connectivity index (χ1n) is 5.85. The first-order valence-corrected chi connectivity index (χ1v) is 6.22. The lowest BCUT2D eigenvalue weighted by molar-refractivity contribution is 0.0695. The maximum absolute atomic E-state index is 5.90. The van der Waals surface area contributed by atoms with Gasteiger partial charge in [0.1, 0.15) is 0 Å². The van der Waals surface area contributed by atoms with Gasteiger partial charge in [0.25, 0.3) is 0 Å². The number of benzene rings is 1. The van der Waals surface area contributed by atoms with Gasteiger partial charge in [-0.1, -0.05) is 23.7 Å². The maximum Gasteiger partial charge on any atom is 0.0700 e. The predicted molar refractivity (Wildman–Crippen MR) is 70.5 cm³/mol. The lowest BCUT2D eigenvalue weighted by Gasteiger charge is -2.06. The van der Waals surface area contributed by atoms with E-state index in [2.05, 4.69) is 11.4 Å². The molecule has 1 N–H and O–H groups in total. The molecule has 17 heavy (non-hydrogen) atoms. The van der Waals surface area contributed by atoms with Crippen molar-refractivity contribution in [3.05, 3.63) is 34.9 Å². The molecule has 0 atom stereocenters. The maximum atomic E-state index is 5.90. The van der Waals surface area contributed by atoms with E-state index < -0.39 is 0 Å². The second kappa shape index (κ2) is 9.42. The Kier molecular flexibility index (Phi) is 8.01. The summed E-state index contributed by atoms with van der Waals surface area (Å²) in [6, 6.07) is 7.89. The summed E-state index contributed by atoms with van der Waals surface area (Å²) < 4.78 is 10.2. The highest BCUT2D eigenvalue weighted by Gasteiger charge is 1.94.